The summed E-state index contributed by atoms with van der Waals surface area (Å²) in [5, 5.41) is 10.6. The van der Waals surface area contributed by atoms with E-state index in [9.17, 15) is 27.0 Å². The molecule has 0 spiro atoms. The van der Waals surface area contributed by atoms with Crippen LogP contribution in [0.3, 0.4) is 0 Å². The summed E-state index contributed by atoms with van der Waals surface area (Å²) in [6.45, 7) is 8.56. The van der Waals surface area contributed by atoms with Gasteiger partial charge in [0.25, 0.3) is 0 Å². The number of nitrogens with zero attached hydrogens (tertiary/aromatic N) is 1. The molecule has 3 unspecified atom stereocenters. The highest BCUT2D eigenvalue weighted by atomic mass is 32.3. The summed E-state index contributed by atoms with van der Waals surface area (Å²) >= 11 is 0. The van der Waals surface area contributed by atoms with Gasteiger partial charge in [0.05, 0.1) is 18.8 Å². The number of aliphatic hydroxyl groups is 1. The van der Waals surface area contributed by atoms with E-state index < -0.39 is 51.8 Å². The molecule has 202 valence electrons. The van der Waals surface area contributed by atoms with Gasteiger partial charge in [-0.1, -0.05) is 15.5 Å². The van der Waals surface area contributed by atoms with Crippen molar-refractivity contribution in [2.75, 3.05) is 13.7 Å². The number of amides is 1. The minimum Gasteiger partial charge on any atom is -0.500 e. The fourth-order valence-electron chi connectivity index (χ4n) is 5.38. The number of rotatable bonds is 6. The first-order valence-corrected chi connectivity index (χ1v) is 13.4. The number of hydrogen-bond acceptors (Lipinski definition) is 8. The average molecular weight is 538 g/mol. The standard InChI is InChI=1S/C26H32FNO8S/c1-13(2)7-8-15-17(29)11-18(34-6)22-21(15)23(28(25(22)30)37(27,32)33)16-9-14(3)10-19-24(16)36-20(12-35-19)26(4,5)31/h7,9-11,15,20-23,31H,8,12H2,1-6H3/t15?,20-,21?,22?,23+/m0/s1. The van der Waals surface area contributed by atoms with E-state index in [-0.39, 0.29) is 45.9 Å². The zero-order valence-corrected chi connectivity index (χ0v) is 22.5. The number of hydrogen-bond donors (Lipinski definition) is 1. The van der Waals surface area contributed by atoms with Crippen LogP contribution in [-0.4, -0.2) is 54.9 Å². The Morgan fingerprint density at radius 1 is 1.30 bits per heavy atom. The third-order valence-electron chi connectivity index (χ3n) is 7.14. The van der Waals surface area contributed by atoms with Crippen LogP contribution in [0.25, 0.3) is 0 Å². The molecule has 2 heterocycles. The van der Waals surface area contributed by atoms with Crippen LogP contribution in [0.1, 0.15) is 51.3 Å². The molecular formula is C26H32FNO8S. The quantitative estimate of drug-likeness (QED) is 0.434. The Morgan fingerprint density at radius 3 is 2.54 bits per heavy atom. The smallest absolute Gasteiger partial charge is 0.402 e. The molecule has 0 bridgehead atoms. The topological polar surface area (TPSA) is 119 Å². The van der Waals surface area contributed by atoms with Crippen molar-refractivity contribution >= 4 is 22.1 Å². The zero-order valence-electron chi connectivity index (χ0n) is 21.6. The van der Waals surface area contributed by atoms with Crippen molar-refractivity contribution in [3.05, 3.63) is 46.7 Å². The molecule has 5 atom stereocenters. The SMILES string of the molecule is COC1=CC(=O)C(CC=C(C)C)C2C1C(=O)N(S(=O)(=O)F)[C@@H]2c1cc(C)cc2c1O[C@H](C(C)(C)O)CO2. The molecule has 1 aliphatic carbocycles. The maximum absolute atomic E-state index is 14.9. The Labute approximate surface area is 216 Å². The van der Waals surface area contributed by atoms with Crippen molar-refractivity contribution < 1.29 is 41.2 Å². The van der Waals surface area contributed by atoms with Gasteiger partial charge < -0.3 is 19.3 Å². The first-order chi connectivity index (χ1) is 17.1. The highest BCUT2D eigenvalue weighted by Gasteiger charge is 2.61. The number of carbonyl (C=O) groups is 2. The van der Waals surface area contributed by atoms with Gasteiger partial charge in [0.2, 0.25) is 5.91 Å². The molecule has 11 heteroatoms. The van der Waals surface area contributed by atoms with Crippen LogP contribution in [-0.2, 0) is 24.7 Å². The van der Waals surface area contributed by atoms with Crippen molar-refractivity contribution in [1.29, 1.82) is 0 Å². The third-order valence-corrected chi connectivity index (χ3v) is 8.02. The van der Waals surface area contributed by atoms with Crippen LogP contribution in [0.15, 0.2) is 35.6 Å². The Morgan fingerprint density at radius 2 is 1.97 bits per heavy atom. The predicted octanol–water partition coefficient (Wildman–Crippen LogP) is 3.32. The second kappa shape index (κ2) is 9.43. The van der Waals surface area contributed by atoms with Crippen molar-refractivity contribution in [2.45, 2.75) is 58.8 Å². The molecule has 1 aromatic rings. The van der Waals surface area contributed by atoms with E-state index in [4.69, 9.17) is 14.2 Å². The van der Waals surface area contributed by atoms with Gasteiger partial charge in [-0.25, -0.2) is 4.31 Å². The second-order valence-electron chi connectivity index (χ2n) is 10.6. The Balaban J connectivity index is 1.97. The van der Waals surface area contributed by atoms with Crippen molar-refractivity contribution in [3.63, 3.8) is 0 Å². The van der Waals surface area contributed by atoms with Gasteiger partial charge in [-0.3, -0.25) is 9.59 Å². The van der Waals surface area contributed by atoms with Gasteiger partial charge in [0.1, 0.15) is 18.3 Å². The summed E-state index contributed by atoms with van der Waals surface area (Å²) < 4.78 is 57.3. The molecule has 0 radical (unpaired) electrons. The number of ether oxygens (including phenoxy) is 3. The van der Waals surface area contributed by atoms with Gasteiger partial charge in [-0.15, -0.1) is 0 Å². The first kappa shape index (κ1) is 27.1. The highest BCUT2D eigenvalue weighted by Crippen LogP contribution is 2.56. The van der Waals surface area contributed by atoms with Crippen LogP contribution in [0.4, 0.5) is 3.89 Å². The molecule has 37 heavy (non-hydrogen) atoms. The lowest BCUT2D eigenvalue weighted by molar-refractivity contribution is -0.128. The molecule has 1 saturated heterocycles. The summed E-state index contributed by atoms with van der Waals surface area (Å²) in [6.07, 6.45) is 2.42. The normalized spacial score (nSPS) is 27.5. The summed E-state index contributed by atoms with van der Waals surface area (Å²) in [5.74, 6) is -4.02. The Hall–Kier alpha value is -2.92. The number of halogens is 1. The summed E-state index contributed by atoms with van der Waals surface area (Å²) in [4.78, 5) is 26.8. The number of benzene rings is 1. The van der Waals surface area contributed by atoms with Crippen LogP contribution in [0.2, 0.25) is 0 Å². The lowest BCUT2D eigenvalue weighted by Crippen LogP contribution is -2.47. The largest absolute Gasteiger partial charge is 0.500 e. The van der Waals surface area contributed by atoms with E-state index in [1.807, 2.05) is 19.9 Å². The number of carbonyl (C=O) groups excluding carboxylic acids is 2. The summed E-state index contributed by atoms with van der Waals surface area (Å²) in [6, 6.07) is 1.86. The minimum absolute atomic E-state index is 0.0161. The number of fused-ring (bicyclic) bond motifs is 2. The lowest BCUT2D eigenvalue weighted by atomic mass is 9.69. The summed E-state index contributed by atoms with van der Waals surface area (Å²) in [5.41, 5.74) is 0.438. The fourth-order valence-corrected chi connectivity index (χ4v) is 6.23. The predicted molar refractivity (Wildman–Crippen MR) is 132 cm³/mol. The molecule has 1 aromatic carbocycles. The monoisotopic (exact) mass is 537 g/mol. The van der Waals surface area contributed by atoms with Gasteiger partial charge in [0, 0.05) is 23.5 Å². The number of methoxy groups -OCH3 is 1. The summed E-state index contributed by atoms with van der Waals surface area (Å²) in [7, 11) is -4.29. The molecule has 2 aliphatic heterocycles. The molecule has 1 fully saturated rings. The van der Waals surface area contributed by atoms with Crippen molar-refractivity contribution in [2.24, 2.45) is 17.8 Å². The molecule has 3 aliphatic rings. The van der Waals surface area contributed by atoms with Gasteiger partial charge in [-0.05, 0) is 58.7 Å². The van der Waals surface area contributed by atoms with Crippen LogP contribution < -0.4 is 9.47 Å². The Kier molecular flexibility index (Phi) is 6.91. The van der Waals surface area contributed by atoms with Crippen molar-refractivity contribution in [1.82, 2.24) is 4.31 Å². The molecule has 1 N–H and O–H groups in total. The molecule has 0 aromatic heterocycles. The van der Waals surface area contributed by atoms with Crippen LogP contribution in [0, 0.1) is 24.7 Å². The highest BCUT2D eigenvalue weighted by molar-refractivity contribution is 7.84. The average Bonchev–Trinajstić information content (AvgIpc) is 3.09. The molecular weight excluding hydrogens is 505 g/mol. The molecule has 4 rings (SSSR count). The minimum atomic E-state index is -5.56. The molecule has 0 saturated carbocycles. The van der Waals surface area contributed by atoms with Gasteiger partial charge in [-0.2, -0.15) is 8.42 Å². The van der Waals surface area contributed by atoms with E-state index in [2.05, 4.69) is 0 Å². The maximum Gasteiger partial charge on any atom is 0.402 e. The van der Waals surface area contributed by atoms with E-state index in [0.717, 1.165) is 5.57 Å². The van der Waals surface area contributed by atoms with E-state index in [1.165, 1.54) is 27.0 Å². The number of ketones is 1. The lowest BCUT2D eigenvalue weighted by Gasteiger charge is -2.38. The van der Waals surface area contributed by atoms with E-state index in [1.54, 1.807) is 19.1 Å². The zero-order chi connectivity index (χ0) is 27.4. The third kappa shape index (κ3) is 4.86. The number of aryl methyl sites for hydroxylation is 1. The second-order valence-corrected chi connectivity index (χ2v) is 11.8. The molecule has 1 amide bonds. The van der Waals surface area contributed by atoms with Crippen molar-refractivity contribution in [3.8, 4) is 11.5 Å². The van der Waals surface area contributed by atoms with Crippen LogP contribution in [0.5, 0.6) is 11.5 Å². The van der Waals surface area contributed by atoms with Gasteiger partial charge in [0.15, 0.2) is 23.4 Å². The Bertz CT molecular complexity index is 1290. The number of allylic oxidation sites excluding steroid dienone is 3. The van der Waals surface area contributed by atoms with E-state index in [0.29, 0.717) is 5.56 Å². The van der Waals surface area contributed by atoms with Gasteiger partial charge >= 0.3 is 10.4 Å². The molecule has 9 nitrogen and oxygen atoms in total. The van der Waals surface area contributed by atoms with E-state index >= 15 is 0 Å². The fraction of sp³-hybridized carbons (Fsp3) is 0.538. The van der Waals surface area contributed by atoms with Crippen LogP contribution >= 0.6 is 0 Å². The maximum atomic E-state index is 14.9. The first-order valence-electron chi connectivity index (χ1n) is 12.0.